The molecule has 2 aromatic carbocycles. The van der Waals surface area contributed by atoms with Crippen LogP contribution in [-0.4, -0.2) is 43.4 Å². The summed E-state index contributed by atoms with van der Waals surface area (Å²) in [6.07, 6.45) is 6.99. The van der Waals surface area contributed by atoms with E-state index in [1.54, 1.807) is 11.8 Å². The highest BCUT2D eigenvalue weighted by Crippen LogP contribution is 2.34. The largest absolute Gasteiger partial charge is 0.381 e. The maximum atomic E-state index is 12.9. The first-order chi connectivity index (χ1) is 16.0. The van der Waals surface area contributed by atoms with E-state index >= 15 is 0 Å². The van der Waals surface area contributed by atoms with E-state index in [4.69, 9.17) is 4.74 Å². The van der Waals surface area contributed by atoms with Crippen LogP contribution in [0.25, 0.3) is 0 Å². The third kappa shape index (κ3) is 5.98. The molecule has 0 spiro atoms. The predicted octanol–water partition coefficient (Wildman–Crippen LogP) is 4.24. The van der Waals surface area contributed by atoms with Crippen LogP contribution in [0.15, 0.2) is 59.5 Å². The Kier molecular flexibility index (Phi) is 7.76. The molecule has 2 aromatic rings. The molecular weight excluding hydrogens is 432 g/mol. The lowest BCUT2D eigenvalue weighted by atomic mass is 9.74. The summed E-state index contributed by atoms with van der Waals surface area (Å²) in [5, 5.41) is 6.41. The number of ether oxygens (including phenoxy) is 1. The fourth-order valence-corrected chi connectivity index (χ4v) is 5.55. The SMILES string of the molecule is CSc1ccc(C[C@@]2(CCC(=O)NCC3(c4ccccc4)CCOCC3)CCC(=O)N2)cc1. The highest BCUT2D eigenvalue weighted by Gasteiger charge is 2.38. The predicted molar refractivity (Wildman–Crippen MR) is 132 cm³/mol. The lowest BCUT2D eigenvalue weighted by Gasteiger charge is -2.38. The van der Waals surface area contributed by atoms with Crippen molar-refractivity contribution in [3.63, 3.8) is 0 Å². The molecule has 0 aliphatic carbocycles. The minimum absolute atomic E-state index is 0.0510. The van der Waals surface area contributed by atoms with Gasteiger partial charge < -0.3 is 15.4 Å². The van der Waals surface area contributed by atoms with Crippen LogP contribution in [0, 0.1) is 0 Å². The lowest BCUT2D eigenvalue weighted by molar-refractivity contribution is -0.123. The molecule has 0 aromatic heterocycles. The van der Waals surface area contributed by atoms with E-state index in [1.807, 2.05) is 6.07 Å². The fraction of sp³-hybridized carbons (Fsp3) is 0.481. The third-order valence-corrected chi connectivity index (χ3v) is 7.97. The number of rotatable bonds is 9. The molecule has 2 amide bonds. The molecule has 2 saturated heterocycles. The first-order valence-electron chi connectivity index (χ1n) is 11.9. The van der Waals surface area contributed by atoms with Gasteiger partial charge in [0.15, 0.2) is 0 Å². The standard InChI is InChI=1S/C27H34N2O3S/c1-33-23-9-7-21(8-10-23)19-27(14-12-25(31)29-27)13-11-24(30)28-20-26(15-17-32-18-16-26)22-5-3-2-4-6-22/h2-10H,11-20H2,1H3,(H,28,30)(H,29,31)/t27-/m1/s1. The molecule has 0 bridgehead atoms. The molecule has 0 saturated carbocycles. The molecule has 4 rings (SSSR count). The van der Waals surface area contributed by atoms with Gasteiger partial charge in [0.25, 0.3) is 0 Å². The third-order valence-electron chi connectivity index (χ3n) is 7.23. The second-order valence-corrected chi connectivity index (χ2v) is 10.3. The van der Waals surface area contributed by atoms with E-state index in [0.29, 0.717) is 25.8 Å². The zero-order valence-corrected chi connectivity index (χ0v) is 20.2. The average molecular weight is 467 g/mol. The Labute approximate surface area is 201 Å². The van der Waals surface area contributed by atoms with Gasteiger partial charge in [0.1, 0.15) is 0 Å². The van der Waals surface area contributed by atoms with Crippen molar-refractivity contribution in [3.8, 4) is 0 Å². The topological polar surface area (TPSA) is 67.4 Å². The summed E-state index contributed by atoms with van der Waals surface area (Å²) in [7, 11) is 0. The van der Waals surface area contributed by atoms with E-state index in [2.05, 4.69) is 65.4 Å². The maximum absolute atomic E-state index is 12.9. The molecule has 33 heavy (non-hydrogen) atoms. The number of carbonyl (C=O) groups excluding carboxylic acids is 2. The second kappa shape index (κ2) is 10.7. The van der Waals surface area contributed by atoms with Gasteiger partial charge in [-0.05, 0) is 61.6 Å². The number of thioether (sulfide) groups is 1. The van der Waals surface area contributed by atoms with Gasteiger partial charge in [-0.25, -0.2) is 0 Å². The molecule has 0 radical (unpaired) electrons. The van der Waals surface area contributed by atoms with Crippen LogP contribution < -0.4 is 10.6 Å². The summed E-state index contributed by atoms with van der Waals surface area (Å²) in [6.45, 7) is 2.05. The Bertz CT molecular complexity index is 942. The van der Waals surface area contributed by atoms with Crippen LogP contribution in [0.2, 0.25) is 0 Å². The van der Waals surface area contributed by atoms with Crippen LogP contribution in [0.3, 0.4) is 0 Å². The summed E-state index contributed by atoms with van der Waals surface area (Å²) in [6, 6.07) is 19.0. The number of hydrogen-bond acceptors (Lipinski definition) is 4. The van der Waals surface area contributed by atoms with Gasteiger partial charge in [-0.1, -0.05) is 42.5 Å². The second-order valence-electron chi connectivity index (χ2n) is 9.39. The highest BCUT2D eigenvalue weighted by molar-refractivity contribution is 7.98. The van der Waals surface area contributed by atoms with E-state index in [1.165, 1.54) is 16.0 Å². The number of hydrogen-bond donors (Lipinski definition) is 2. The van der Waals surface area contributed by atoms with Crippen molar-refractivity contribution in [2.75, 3.05) is 26.0 Å². The normalized spacial score (nSPS) is 22.0. The van der Waals surface area contributed by atoms with E-state index < -0.39 is 0 Å². The summed E-state index contributed by atoms with van der Waals surface area (Å²) in [5.41, 5.74) is 2.04. The molecule has 2 N–H and O–H groups in total. The summed E-state index contributed by atoms with van der Waals surface area (Å²) in [4.78, 5) is 26.2. The van der Waals surface area contributed by atoms with Crippen LogP contribution in [0.5, 0.6) is 0 Å². The zero-order valence-electron chi connectivity index (χ0n) is 19.4. The Morgan fingerprint density at radius 1 is 1.06 bits per heavy atom. The summed E-state index contributed by atoms with van der Waals surface area (Å²) in [5.74, 6) is 0.136. The Morgan fingerprint density at radius 3 is 2.42 bits per heavy atom. The number of amides is 2. The first-order valence-corrected chi connectivity index (χ1v) is 13.1. The molecule has 6 heteroatoms. The van der Waals surface area contributed by atoms with Crippen molar-refractivity contribution in [3.05, 3.63) is 65.7 Å². The Hall–Kier alpha value is -2.31. The van der Waals surface area contributed by atoms with E-state index in [0.717, 1.165) is 38.9 Å². The molecular formula is C27H34N2O3S. The molecule has 1 atom stereocenters. The highest BCUT2D eigenvalue weighted by atomic mass is 32.2. The fourth-order valence-electron chi connectivity index (χ4n) is 5.15. The number of carbonyl (C=O) groups is 2. The van der Waals surface area contributed by atoms with E-state index in [9.17, 15) is 9.59 Å². The summed E-state index contributed by atoms with van der Waals surface area (Å²) < 4.78 is 5.61. The van der Waals surface area contributed by atoms with Gasteiger partial charge in [-0.3, -0.25) is 9.59 Å². The number of benzene rings is 2. The molecule has 176 valence electrons. The number of nitrogens with one attached hydrogen (secondary N) is 2. The van der Waals surface area contributed by atoms with Crippen molar-refractivity contribution in [2.24, 2.45) is 0 Å². The Morgan fingerprint density at radius 2 is 1.79 bits per heavy atom. The molecule has 2 heterocycles. The minimum Gasteiger partial charge on any atom is -0.381 e. The van der Waals surface area contributed by atoms with Crippen molar-refractivity contribution >= 4 is 23.6 Å². The molecule has 2 aliphatic heterocycles. The van der Waals surface area contributed by atoms with Crippen LogP contribution in [0.1, 0.15) is 49.7 Å². The quantitative estimate of drug-likeness (QED) is 0.543. The molecule has 2 aliphatic rings. The van der Waals surface area contributed by atoms with Crippen molar-refractivity contribution in [2.45, 2.75) is 60.8 Å². The maximum Gasteiger partial charge on any atom is 0.220 e. The minimum atomic E-state index is -0.342. The van der Waals surface area contributed by atoms with Gasteiger partial charge in [0.2, 0.25) is 11.8 Å². The molecule has 0 unspecified atom stereocenters. The summed E-state index contributed by atoms with van der Waals surface area (Å²) >= 11 is 1.72. The Balaban J connectivity index is 1.37. The van der Waals surface area contributed by atoms with Crippen molar-refractivity contribution < 1.29 is 14.3 Å². The van der Waals surface area contributed by atoms with Gasteiger partial charge in [-0.2, -0.15) is 0 Å². The zero-order chi connectivity index (χ0) is 23.2. The van der Waals surface area contributed by atoms with Crippen LogP contribution in [-0.2, 0) is 26.2 Å². The molecule has 5 nitrogen and oxygen atoms in total. The average Bonchev–Trinajstić information content (AvgIpc) is 3.23. The van der Waals surface area contributed by atoms with Crippen LogP contribution in [0.4, 0.5) is 0 Å². The molecule has 2 fully saturated rings. The van der Waals surface area contributed by atoms with Gasteiger partial charge in [-0.15, -0.1) is 11.8 Å². The van der Waals surface area contributed by atoms with Gasteiger partial charge in [0.05, 0.1) is 0 Å². The van der Waals surface area contributed by atoms with Gasteiger partial charge >= 0.3 is 0 Å². The van der Waals surface area contributed by atoms with Crippen LogP contribution >= 0.6 is 11.8 Å². The smallest absolute Gasteiger partial charge is 0.220 e. The van der Waals surface area contributed by atoms with Crippen molar-refractivity contribution in [1.29, 1.82) is 0 Å². The van der Waals surface area contributed by atoms with Crippen molar-refractivity contribution in [1.82, 2.24) is 10.6 Å². The lowest BCUT2D eigenvalue weighted by Crippen LogP contribution is -2.46. The van der Waals surface area contributed by atoms with E-state index in [-0.39, 0.29) is 22.8 Å². The van der Waals surface area contributed by atoms with Gasteiger partial charge in [0, 0.05) is 48.4 Å². The monoisotopic (exact) mass is 466 g/mol. The first kappa shape index (κ1) is 23.8.